The highest BCUT2D eigenvalue weighted by Crippen LogP contribution is 2.07. The zero-order valence-corrected chi connectivity index (χ0v) is 10.4. The molecule has 1 rings (SSSR count). The highest BCUT2D eigenvalue weighted by Gasteiger charge is 1.99. The molecule has 0 spiro atoms. The van der Waals surface area contributed by atoms with Gasteiger partial charge in [0.15, 0.2) is 0 Å². The van der Waals surface area contributed by atoms with Crippen molar-refractivity contribution < 1.29 is 0 Å². The van der Waals surface area contributed by atoms with Crippen LogP contribution < -0.4 is 0 Å². The van der Waals surface area contributed by atoms with E-state index in [4.69, 9.17) is 11.6 Å². The van der Waals surface area contributed by atoms with Crippen LogP contribution in [0.2, 0.25) is 0 Å². The number of benzene rings is 1. The number of hydrogen-bond acceptors (Lipinski definition) is 1. The minimum atomic E-state index is 0.776. The van der Waals surface area contributed by atoms with Gasteiger partial charge in [-0.3, -0.25) is 0 Å². The van der Waals surface area contributed by atoms with Crippen molar-refractivity contribution in [2.45, 2.75) is 26.3 Å². The van der Waals surface area contributed by atoms with E-state index in [1.54, 1.807) is 0 Å². The quantitative estimate of drug-likeness (QED) is 0.530. The van der Waals surface area contributed by atoms with Crippen molar-refractivity contribution in [2.75, 3.05) is 19.5 Å². The molecule has 0 saturated heterocycles. The van der Waals surface area contributed by atoms with Gasteiger partial charge in [-0.15, -0.1) is 11.6 Å². The minimum Gasteiger partial charge on any atom is -0.302 e. The molecule has 84 valence electrons. The summed E-state index contributed by atoms with van der Waals surface area (Å²) >= 11 is 5.65. The molecular weight excluding hydrogens is 206 g/mol. The summed E-state index contributed by atoms with van der Waals surface area (Å²) in [5.74, 6) is 0.776. The smallest absolute Gasteiger partial charge is 0.0230 e. The van der Waals surface area contributed by atoms with Crippen LogP contribution in [0.15, 0.2) is 24.3 Å². The van der Waals surface area contributed by atoms with Crippen molar-refractivity contribution >= 4 is 11.6 Å². The van der Waals surface area contributed by atoms with Gasteiger partial charge >= 0.3 is 0 Å². The van der Waals surface area contributed by atoms with E-state index in [1.807, 2.05) is 0 Å². The Morgan fingerprint density at radius 1 is 1.27 bits per heavy atom. The monoisotopic (exact) mass is 225 g/mol. The first kappa shape index (κ1) is 12.5. The Bertz CT molecular complexity index is 286. The molecule has 0 aromatic heterocycles. The summed E-state index contributed by atoms with van der Waals surface area (Å²) in [6, 6.07) is 8.69. The molecule has 0 unspecified atom stereocenters. The molecule has 0 heterocycles. The third kappa shape index (κ3) is 5.19. The maximum Gasteiger partial charge on any atom is 0.0230 e. The van der Waals surface area contributed by atoms with Crippen LogP contribution in [0.3, 0.4) is 0 Å². The molecule has 0 radical (unpaired) electrons. The SMILES string of the molecule is Cc1cccc(CN(C)CCCCCl)c1. The van der Waals surface area contributed by atoms with E-state index in [-0.39, 0.29) is 0 Å². The van der Waals surface area contributed by atoms with Gasteiger partial charge in [-0.05, 0) is 38.9 Å². The molecule has 0 bridgehead atoms. The molecule has 0 aliphatic heterocycles. The number of nitrogens with zero attached hydrogens (tertiary/aromatic N) is 1. The third-order valence-corrected chi connectivity index (χ3v) is 2.73. The average molecular weight is 226 g/mol. The van der Waals surface area contributed by atoms with Gasteiger partial charge in [0.1, 0.15) is 0 Å². The molecule has 0 amide bonds. The van der Waals surface area contributed by atoms with Gasteiger partial charge in [-0.1, -0.05) is 29.8 Å². The number of alkyl halides is 1. The van der Waals surface area contributed by atoms with E-state index in [2.05, 4.69) is 43.1 Å². The molecule has 1 nitrogen and oxygen atoms in total. The molecule has 1 aromatic rings. The zero-order valence-electron chi connectivity index (χ0n) is 9.67. The van der Waals surface area contributed by atoms with Crippen LogP contribution in [0.5, 0.6) is 0 Å². The lowest BCUT2D eigenvalue weighted by atomic mass is 10.1. The van der Waals surface area contributed by atoms with Gasteiger partial charge in [-0.2, -0.15) is 0 Å². The topological polar surface area (TPSA) is 3.24 Å². The molecule has 0 fully saturated rings. The molecule has 0 aliphatic carbocycles. The average Bonchev–Trinajstić information content (AvgIpc) is 2.18. The molecule has 1 aromatic carbocycles. The van der Waals surface area contributed by atoms with Crippen molar-refractivity contribution in [3.8, 4) is 0 Å². The number of rotatable bonds is 6. The van der Waals surface area contributed by atoms with Gasteiger partial charge in [0, 0.05) is 12.4 Å². The normalized spacial score (nSPS) is 10.9. The highest BCUT2D eigenvalue weighted by atomic mass is 35.5. The minimum absolute atomic E-state index is 0.776. The van der Waals surface area contributed by atoms with Crippen LogP contribution in [-0.4, -0.2) is 24.4 Å². The second-order valence-electron chi connectivity index (χ2n) is 4.12. The molecular formula is C13H20ClN. The number of hydrogen-bond donors (Lipinski definition) is 0. The first-order valence-corrected chi connectivity index (χ1v) is 6.06. The van der Waals surface area contributed by atoms with Gasteiger partial charge in [0.25, 0.3) is 0 Å². The summed E-state index contributed by atoms with van der Waals surface area (Å²) in [6.45, 7) is 4.29. The Morgan fingerprint density at radius 3 is 2.73 bits per heavy atom. The summed E-state index contributed by atoms with van der Waals surface area (Å²) in [4.78, 5) is 2.35. The van der Waals surface area contributed by atoms with Gasteiger partial charge in [0.05, 0.1) is 0 Å². The van der Waals surface area contributed by atoms with Crippen LogP contribution >= 0.6 is 11.6 Å². The Morgan fingerprint density at radius 2 is 2.07 bits per heavy atom. The Labute approximate surface area is 98.0 Å². The lowest BCUT2D eigenvalue weighted by molar-refractivity contribution is 0.321. The van der Waals surface area contributed by atoms with E-state index in [9.17, 15) is 0 Å². The fourth-order valence-electron chi connectivity index (χ4n) is 1.68. The van der Waals surface area contributed by atoms with Crippen molar-refractivity contribution in [1.82, 2.24) is 4.90 Å². The van der Waals surface area contributed by atoms with Crippen LogP contribution in [0.25, 0.3) is 0 Å². The molecule has 15 heavy (non-hydrogen) atoms. The van der Waals surface area contributed by atoms with E-state index in [0.717, 1.165) is 25.4 Å². The molecule has 2 heteroatoms. The predicted octanol–water partition coefficient (Wildman–Crippen LogP) is 3.45. The molecule has 0 saturated carbocycles. The maximum absolute atomic E-state index is 5.65. The van der Waals surface area contributed by atoms with E-state index in [0.29, 0.717) is 0 Å². The largest absolute Gasteiger partial charge is 0.302 e. The van der Waals surface area contributed by atoms with E-state index < -0.39 is 0 Å². The summed E-state index contributed by atoms with van der Waals surface area (Å²) in [7, 11) is 2.16. The lowest BCUT2D eigenvalue weighted by Crippen LogP contribution is -2.19. The first-order valence-electron chi connectivity index (χ1n) is 5.52. The standard InChI is InChI=1S/C13H20ClN/c1-12-6-5-7-13(10-12)11-15(2)9-4-3-8-14/h5-7,10H,3-4,8-9,11H2,1-2H3. The van der Waals surface area contributed by atoms with Crippen LogP contribution in [-0.2, 0) is 6.54 Å². The Hall–Kier alpha value is -0.530. The molecule has 0 aliphatic rings. The van der Waals surface area contributed by atoms with E-state index in [1.165, 1.54) is 17.5 Å². The zero-order chi connectivity index (χ0) is 11.1. The second-order valence-corrected chi connectivity index (χ2v) is 4.50. The summed E-state index contributed by atoms with van der Waals surface area (Å²) in [5.41, 5.74) is 2.73. The molecule has 0 N–H and O–H groups in total. The van der Waals surface area contributed by atoms with Crippen LogP contribution in [0, 0.1) is 6.92 Å². The Kier molecular flexibility index (Phi) is 5.74. The summed E-state index contributed by atoms with van der Waals surface area (Å²) in [6.07, 6.45) is 2.30. The number of halogens is 1. The van der Waals surface area contributed by atoms with Crippen LogP contribution in [0.1, 0.15) is 24.0 Å². The number of aryl methyl sites for hydroxylation is 1. The van der Waals surface area contributed by atoms with Gasteiger partial charge in [-0.25, -0.2) is 0 Å². The van der Waals surface area contributed by atoms with Crippen molar-refractivity contribution in [3.05, 3.63) is 35.4 Å². The summed E-state index contributed by atoms with van der Waals surface area (Å²) in [5, 5.41) is 0. The Balaban J connectivity index is 2.34. The van der Waals surface area contributed by atoms with Crippen molar-refractivity contribution in [3.63, 3.8) is 0 Å². The van der Waals surface area contributed by atoms with Gasteiger partial charge < -0.3 is 4.90 Å². The number of unbranched alkanes of at least 4 members (excludes halogenated alkanes) is 1. The predicted molar refractivity (Wildman–Crippen MR) is 67.5 cm³/mol. The molecule has 0 atom stereocenters. The summed E-state index contributed by atoms with van der Waals surface area (Å²) < 4.78 is 0. The van der Waals surface area contributed by atoms with Gasteiger partial charge in [0.2, 0.25) is 0 Å². The third-order valence-electron chi connectivity index (χ3n) is 2.46. The van der Waals surface area contributed by atoms with Crippen molar-refractivity contribution in [1.29, 1.82) is 0 Å². The fourth-order valence-corrected chi connectivity index (χ4v) is 1.87. The lowest BCUT2D eigenvalue weighted by Gasteiger charge is -2.16. The van der Waals surface area contributed by atoms with Crippen molar-refractivity contribution in [2.24, 2.45) is 0 Å². The maximum atomic E-state index is 5.65. The van der Waals surface area contributed by atoms with E-state index >= 15 is 0 Å². The highest BCUT2D eigenvalue weighted by molar-refractivity contribution is 6.17. The fraction of sp³-hybridized carbons (Fsp3) is 0.538. The first-order chi connectivity index (χ1) is 7.22. The second kappa shape index (κ2) is 6.86. The van der Waals surface area contributed by atoms with Crippen LogP contribution in [0.4, 0.5) is 0 Å².